The molecule has 0 aliphatic heterocycles. The second-order valence-electron chi connectivity index (χ2n) is 5.66. The van der Waals surface area contributed by atoms with E-state index in [1.807, 2.05) is 7.05 Å². The van der Waals surface area contributed by atoms with E-state index in [-0.39, 0.29) is 0 Å². The maximum Gasteiger partial charge on any atom is 0.191 e. The summed E-state index contributed by atoms with van der Waals surface area (Å²) >= 11 is 0. The van der Waals surface area contributed by atoms with Crippen molar-refractivity contribution in [3.8, 4) is 0 Å². The van der Waals surface area contributed by atoms with Gasteiger partial charge in [0.15, 0.2) is 5.96 Å². The summed E-state index contributed by atoms with van der Waals surface area (Å²) in [6.07, 6.45) is 6.53. The van der Waals surface area contributed by atoms with E-state index in [1.54, 1.807) is 7.11 Å². The summed E-state index contributed by atoms with van der Waals surface area (Å²) in [6, 6.07) is 9.03. The number of methoxy groups -OCH3 is 1. The lowest BCUT2D eigenvalue weighted by Crippen LogP contribution is -2.43. The maximum atomic E-state index is 5.17. The molecule has 2 N–H and O–H groups in total. The fourth-order valence-corrected chi connectivity index (χ4v) is 2.82. The molecule has 1 saturated carbocycles. The maximum absolute atomic E-state index is 5.17. The van der Waals surface area contributed by atoms with Crippen LogP contribution in [0.3, 0.4) is 0 Å². The van der Waals surface area contributed by atoms with E-state index >= 15 is 0 Å². The van der Waals surface area contributed by atoms with E-state index in [2.05, 4.69) is 39.9 Å². The molecule has 0 bridgehead atoms. The average Bonchev–Trinajstić information content (AvgIpc) is 2.53. The second kappa shape index (κ2) is 8.67. The molecule has 1 aromatic rings. The van der Waals surface area contributed by atoms with E-state index in [9.17, 15) is 0 Å². The molecule has 116 valence electrons. The number of ether oxygens (including phenoxy) is 1. The minimum Gasteiger partial charge on any atom is -0.380 e. The summed E-state index contributed by atoms with van der Waals surface area (Å²) in [7, 11) is 3.56. The first kappa shape index (κ1) is 15.8. The Labute approximate surface area is 128 Å². The predicted octanol–water partition coefficient (Wildman–Crippen LogP) is 2.83. The largest absolute Gasteiger partial charge is 0.380 e. The molecule has 0 saturated heterocycles. The normalized spacial score (nSPS) is 16.8. The lowest BCUT2D eigenvalue weighted by Gasteiger charge is -2.24. The Kier molecular flexibility index (Phi) is 6.54. The molecular weight excluding hydrogens is 262 g/mol. The third kappa shape index (κ3) is 5.38. The van der Waals surface area contributed by atoms with E-state index in [0.717, 1.165) is 12.5 Å². The monoisotopic (exact) mass is 289 g/mol. The van der Waals surface area contributed by atoms with Crippen LogP contribution in [0.15, 0.2) is 29.3 Å². The molecular formula is C17H27N3O. The first-order chi connectivity index (χ1) is 10.3. The molecule has 0 unspecified atom stereocenters. The molecule has 0 aromatic heterocycles. The highest BCUT2D eigenvalue weighted by Gasteiger charge is 2.14. The average molecular weight is 289 g/mol. The van der Waals surface area contributed by atoms with Crippen molar-refractivity contribution in [2.24, 2.45) is 4.99 Å². The van der Waals surface area contributed by atoms with Crippen LogP contribution < -0.4 is 10.6 Å². The fraction of sp³-hybridized carbons (Fsp3) is 0.588. The first-order valence-electron chi connectivity index (χ1n) is 7.85. The molecule has 0 spiro atoms. The Morgan fingerprint density at radius 3 is 2.71 bits per heavy atom. The Morgan fingerprint density at radius 1 is 1.24 bits per heavy atom. The fourth-order valence-electron chi connectivity index (χ4n) is 2.82. The van der Waals surface area contributed by atoms with Crippen molar-refractivity contribution in [3.63, 3.8) is 0 Å². The lowest BCUT2D eigenvalue weighted by atomic mass is 9.96. The molecule has 1 fully saturated rings. The first-order valence-corrected chi connectivity index (χ1v) is 7.85. The number of aliphatic imine (C=N–C) groups is 1. The van der Waals surface area contributed by atoms with Gasteiger partial charge in [-0.3, -0.25) is 4.99 Å². The van der Waals surface area contributed by atoms with Crippen LogP contribution in [0, 0.1) is 0 Å². The standard InChI is InChI=1S/C17H27N3O/c1-18-17(20-16-9-4-3-5-10-16)19-12-14-7-6-8-15(11-14)13-21-2/h6-8,11,16H,3-5,9-10,12-13H2,1-2H3,(H2,18,19,20). The van der Waals surface area contributed by atoms with E-state index < -0.39 is 0 Å². The SMILES string of the molecule is CN=C(NCc1cccc(COC)c1)NC1CCCCC1. The minimum absolute atomic E-state index is 0.574. The van der Waals surface area contributed by atoms with Gasteiger partial charge in [-0.2, -0.15) is 0 Å². The predicted molar refractivity (Wildman–Crippen MR) is 87.4 cm³/mol. The zero-order valence-corrected chi connectivity index (χ0v) is 13.2. The third-order valence-corrected chi connectivity index (χ3v) is 3.93. The van der Waals surface area contributed by atoms with Crippen LogP contribution in [0.2, 0.25) is 0 Å². The lowest BCUT2D eigenvalue weighted by molar-refractivity contribution is 0.185. The van der Waals surface area contributed by atoms with Gasteiger partial charge >= 0.3 is 0 Å². The number of nitrogens with zero attached hydrogens (tertiary/aromatic N) is 1. The molecule has 0 atom stereocenters. The van der Waals surface area contributed by atoms with Gasteiger partial charge in [-0.05, 0) is 24.0 Å². The van der Waals surface area contributed by atoms with Crippen molar-refractivity contribution in [3.05, 3.63) is 35.4 Å². The number of guanidine groups is 1. The van der Waals surface area contributed by atoms with E-state index in [0.29, 0.717) is 12.6 Å². The van der Waals surface area contributed by atoms with Crippen LogP contribution in [0.5, 0.6) is 0 Å². The molecule has 4 heteroatoms. The van der Waals surface area contributed by atoms with Crippen molar-refractivity contribution in [2.45, 2.75) is 51.3 Å². The number of rotatable bonds is 5. The van der Waals surface area contributed by atoms with E-state index in [1.165, 1.54) is 43.2 Å². The topological polar surface area (TPSA) is 45.7 Å². The molecule has 0 amide bonds. The number of hydrogen-bond acceptors (Lipinski definition) is 2. The highest BCUT2D eigenvalue weighted by Crippen LogP contribution is 2.17. The van der Waals surface area contributed by atoms with Gasteiger partial charge in [-0.25, -0.2) is 0 Å². The van der Waals surface area contributed by atoms with Crippen LogP contribution in [-0.2, 0) is 17.9 Å². The zero-order valence-electron chi connectivity index (χ0n) is 13.2. The van der Waals surface area contributed by atoms with Crippen molar-refractivity contribution in [1.82, 2.24) is 10.6 Å². The van der Waals surface area contributed by atoms with Crippen LogP contribution in [0.4, 0.5) is 0 Å². The molecule has 1 aromatic carbocycles. The van der Waals surface area contributed by atoms with Crippen molar-refractivity contribution in [1.29, 1.82) is 0 Å². The summed E-state index contributed by atoms with van der Waals surface area (Å²) in [5.74, 6) is 0.902. The molecule has 1 aliphatic carbocycles. The van der Waals surface area contributed by atoms with Gasteiger partial charge in [-0.15, -0.1) is 0 Å². The van der Waals surface area contributed by atoms with Gasteiger partial charge in [0.2, 0.25) is 0 Å². The Bertz CT molecular complexity index is 453. The summed E-state index contributed by atoms with van der Waals surface area (Å²) in [6.45, 7) is 1.44. The quantitative estimate of drug-likeness (QED) is 0.647. The molecule has 4 nitrogen and oxygen atoms in total. The minimum atomic E-state index is 0.574. The van der Waals surface area contributed by atoms with Gasteiger partial charge in [0, 0.05) is 26.7 Å². The van der Waals surface area contributed by atoms with Crippen molar-refractivity contribution < 1.29 is 4.74 Å². The molecule has 2 rings (SSSR count). The smallest absolute Gasteiger partial charge is 0.191 e. The molecule has 21 heavy (non-hydrogen) atoms. The van der Waals surface area contributed by atoms with Crippen LogP contribution in [-0.4, -0.2) is 26.2 Å². The summed E-state index contributed by atoms with van der Waals surface area (Å²) < 4.78 is 5.17. The number of benzene rings is 1. The Morgan fingerprint density at radius 2 is 2.00 bits per heavy atom. The van der Waals surface area contributed by atoms with Crippen molar-refractivity contribution >= 4 is 5.96 Å². The third-order valence-electron chi connectivity index (χ3n) is 3.93. The van der Waals surface area contributed by atoms with Gasteiger partial charge in [0.1, 0.15) is 0 Å². The van der Waals surface area contributed by atoms with Gasteiger partial charge < -0.3 is 15.4 Å². The van der Waals surface area contributed by atoms with E-state index in [4.69, 9.17) is 4.74 Å². The van der Waals surface area contributed by atoms with Crippen LogP contribution in [0.25, 0.3) is 0 Å². The zero-order chi connectivity index (χ0) is 14.9. The number of hydrogen-bond donors (Lipinski definition) is 2. The van der Waals surface area contributed by atoms with Gasteiger partial charge in [0.05, 0.1) is 6.61 Å². The second-order valence-corrected chi connectivity index (χ2v) is 5.66. The van der Waals surface area contributed by atoms with Crippen LogP contribution in [0.1, 0.15) is 43.2 Å². The van der Waals surface area contributed by atoms with Crippen molar-refractivity contribution in [2.75, 3.05) is 14.2 Å². The molecule has 1 aliphatic rings. The molecule has 0 heterocycles. The highest BCUT2D eigenvalue weighted by atomic mass is 16.5. The highest BCUT2D eigenvalue weighted by molar-refractivity contribution is 5.79. The number of nitrogens with one attached hydrogen (secondary N) is 2. The Hall–Kier alpha value is -1.55. The summed E-state index contributed by atoms with van der Waals surface area (Å²) in [5.41, 5.74) is 2.45. The van der Waals surface area contributed by atoms with Crippen LogP contribution >= 0.6 is 0 Å². The molecule has 0 radical (unpaired) electrons. The van der Waals surface area contributed by atoms with Gasteiger partial charge in [0.25, 0.3) is 0 Å². The summed E-state index contributed by atoms with van der Waals surface area (Å²) in [4.78, 5) is 4.33. The summed E-state index contributed by atoms with van der Waals surface area (Å²) in [5, 5.41) is 6.93. The van der Waals surface area contributed by atoms with Gasteiger partial charge in [-0.1, -0.05) is 43.5 Å². The Balaban J connectivity index is 1.83.